The Morgan fingerprint density at radius 3 is 2.70 bits per heavy atom. The summed E-state index contributed by atoms with van der Waals surface area (Å²) in [6.07, 6.45) is 0.280. The fourth-order valence-electron chi connectivity index (χ4n) is 2.26. The maximum Gasteiger partial charge on any atom is 0.335 e. The molecule has 2 aromatic carbocycles. The molecule has 0 atom stereocenters. The van der Waals surface area contributed by atoms with Crippen LogP contribution in [0.4, 0.5) is 0 Å². The molecule has 0 unspecified atom stereocenters. The second-order valence-electron chi connectivity index (χ2n) is 4.96. The van der Waals surface area contributed by atoms with Crippen LogP contribution in [0.15, 0.2) is 41.2 Å². The predicted octanol–water partition coefficient (Wildman–Crippen LogP) is 3.52. The van der Waals surface area contributed by atoms with Gasteiger partial charge in [-0.3, -0.25) is 4.79 Å². The summed E-state index contributed by atoms with van der Waals surface area (Å²) in [5.74, 6) is -0.692. The number of aromatic amines is 1. The Labute approximate surface area is 140 Å². The van der Waals surface area contributed by atoms with Crippen LogP contribution < -0.4 is 5.56 Å². The van der Waals surface area contributed by atoms with Gasteiger partial charge in [-0.25, -0.2) is 9.78 Å². The number of carboxylic acid groups (broad SMARTS) is 1. The first kappa shape index (κ1) is 15.5. The average molecular weight is 349 g/mol. The van der Waals surface area contributed by atoms with Gasteiger partial charge in [-0.05, 0) is 42.0 Å². The first-order valence-electron chi connectivity index (χ1n) is 6.64. The van der Waals surface area contributed by atoms with Gasteiger partial charge in [-0.2, -0.15) is 0 Å². The van der Waals surface area contributed by atoms with Gasteiger partial charge in [0, 0.05) is 16.5 Å². The number of hydrogen-bond acceptors (Lipinski definition) is 3. The molecule has 0 saturated carbocycles. The summed E-state index contributed by atoms with van der Waals surface area (Å²) in [5.41, 5.74) is 0.778. The van der Waals surface area contributed by atoms with Crippen LogP contribution >= 0.6 is 23.2 Å². The lowest BCUT2D eigenvalue weighted by Crippen LogP contribution is -2.13. The number of H-pyrrole nitrogens is 1. The fraction of sp³-hybridized carbons (Fsp3) is 0.0625. The summed E-state index contributed by atoms with van der Waals surface area (Å²) in [6, 6.07) is 9.22. The molecule has 23 heavy (non-hydrogen) atoms. The first-order chi connectivity index (χ1) is 10.9. The molecule has 3 aromatic rings. The summed E-state index contributed by atoms with van der Waals surface area (Å²) in [6.45, 7) is 0. The van der Waals surface area contributed by atoms with E-state index in [1.165, 1.54) is 18.2 Å². The highest BCUT2D eigenvalue weighted by molar-refractivity contribution is 6.33. The summed E-state index contributed by atoms with van der Waals surface area (Å²) >= 11 is 12.1. The van der Waals surface area contributed by atoms with Gasteiger partial charge >= 0.3 is 5.97 Å². The minimum absolute atomic E-state index is 0.0716. The third-order valence-electron chi connectivity index (χ3n) is 3.37. The van der Waals surface area contributed by atoms with Gasteiger partial charge in [-0.1, -0.05) is 23.2 Å². The Morgan fingerprint density at radius 2 is 1.96 bits per heavy atom. The van der Waals surface area contributed by atoms with E-state index in [9.17, 15) is 9.59 Å². The van der Waals surface area contributed by atoms with Crippen molar-refractivity contribution in [1.82, 2.24) is 9.97 Å². The van der Waals surface area contributed by atoms with E-state index in [-0.39, 0.29) is 17.5 Å². The largest absolute Gasteiger partial charge is 0.478 e. The molecule has 116 valence electrons. The second-order valence-corrected chi connectivity index (χ2v) is 5.81. The minimum atomic E-state index is -1.08. The molecule has 0 radical (unpaired) electrons. The maximum absolute atomic E-state index is 12.1. The molecule has 0 bridgehead atoms. The molecule has 1 heterocycles. The summed E-state index contributed by atoms with van der Waals surface area (Å²) < 4.78 is 0. The number of carbonyl (C=O) groups is 1. The monoisotopic (exact) mass is 348 g/mol. The van der Waals surface area contributed by atoms with Crippen molar-refractivity contribution in [3.8, 4) is 0 Å². The van der Waals surface area contributed by atoms with E-state index in [1.54, 1.807) is 18.2 Å². The van der Waals surface area contributed by atoms with Crippen LogP contribution in [0.2, 0.25) is 10.0 Å². The molecule has 0 spiro atoms. The van der Waals surface area contributed by atoms with Crippen molar-refractivity contribution in [2.75, 3.05) is 0 Å². The molecule has 7 heteroatoms. The summed E-state index contributed by atoms with van der Waals surface area (Å²) in [7, 11) is 0. The van der Waals surface area contributed by atoms with Gasteiger partial charge in [0.05, 0.1) is 16.5 Å². The standard InChI is InChI=1S/C16H10Cl2N2O3/c17-10-2-4-12(18)9(5-10)7-14-19-13-6-8(16(22)23)1-3-11(13)15(21)20-14/h1-6H,7H2,(H,22,23)(H,19,20,21). The van der Waals surface area contributed by atoms with Crippen LogP contribution in [0.3, 0.4) is 0 Å². The Morgan fingerprint density at radius 1 is 1.17 bits per heavy atom. The molecule has 1 aromatic heterocycles. The highest BCUT2D eigenvalue weighted by Crippen LogP contribution is 2.22. The Kier molecular flexibility index (Phi) is 4.07. The average Bonchev–Trinajstić information content (AvgIpc) is 2.50. The SMILES string of the molecule is O=C(O)c1ccc2c(=O)[nH]c(Cc3cc(Cl)ccc3Cl)nc2c1. The zero-order chi connectivity index (χ0) is 16.6. The zero-order valence-electron chi connectivity index (χ0n) is 11.6. The number of nitrogens with one attached hydrogen (secondary N) is 1. The molecule has 5 nitrogen and oxygen atoms in total. The van der Waals surface area contributed by atoms with E-state index in [1.807, 2.05) is 0 Å². The number of halogens is 2. The smallest absolute Gasteiger partial charge is 0.335 e. The fourth-order valence-corrected chi connectivity index (χ4v) is 2.64. The van der Waals surface area contributed by atoms with Crippen molar-refractivity contribution < 1.29 is 9.90 Å². The molecular formula is C16H10Cl2N2O3. The van der Waals surface area contributed by atoms with Gasteiger partial charge in [-0.15, -0.1) is 0 Å². The van der Waals surface area contributed by atoms with E-state index in [4.69, 9.17) is 28.3 Å². The topological polar surface area (TPSA) is 83.0 Å². The zero-order valence-corrected chi connectivity index (χ0v) is 13.1. The van der Waals surface area contributed by atoms with E-state index >= 15 is 0 Å². The Balaban J connectivity index is 2.09. The number of nitrogens with zero attached hydrogens (tertiary/aromatic N) is 1. The molecule has 3 rings (SSSR count). The maximum atomic E-state index is 12.1. The van der Waals surface area contributed by atoms with Crippen molar-refractivity contribution in [3.05, 3.63) is 73.7 Å². The Bertz CT molecular complexity index is 983. The van der Waals surface area contributed by atoms with E-state index in [0.717, 1.165) is 5.56 Å². The lowest BCUT2D eigenvalue weighted by atomic mass is 10.1. The number of benzene rings is 2. The van der Waals surface area contributed by atoms with Crippen LogP contribution in [-0.4, -0.2) is 21.0 Å². The predicted molar refractivity (Wildman–Crippen MR) is 88.6 cm³/mol. The third-order valence-corrected chi connectivity index (χ3v) is 3.97. The molecule has 0 fully saturated rings. The molecule has 2 N–H and O–H groups in total. The lowest BCUT2D eigenvalue weighted by molar-refractivity contribution is 0.0697. The van der Waals surface area contributed by atoms with Crippen molar-refractivity contribution in [3.63, 3.8) is 0 Å². The van der Waals surface area contributed by atoms with E-state index in [2.05, 4.69) is 9.97 Å². The van der Waals surface area contributed by atoms with Gasteiger partial charge in [0.2, 0.25) is 0 Å². The Hall–Kier alpha value is -2.37. The summed E-state index contributed by atoms with van der Waals surface area (Å²) in [5, 5.41) is 10.4. The quantitative estimate of drug-likeness (QED) is 0.758. The van der Waals surface area contributed by atoms with Crippen molar-refractivity contribution in [2.45, 2.75) is 6.42 Å². The van der Waals surface area contributed by atoms with Crippen molar-refractivity contribution in [1.29, 1.82) is 0 Å². The lowest BCUT2D eigenvalue weighted by Gasteiger charge is -2.06. The van der Waals surface area contributed by atoms with Crippen LogP contribution in [-0.2, 0) is 6.42 Å². The second kappa shape index (κ2) is 6.02. The number of aromatic nitrogens is 2. The van der Waals surface area contributed by atoms with Crippen LogP contribution in [0.5, 0.6) is 0 Å². The third kappa shape index (κ3) is 3.21. The molecule has 0 aliphatic heterocycles. The van der Waals surface area contributed by atoms with Crippen molar-refractivity contribution in [2.24, 2.45) is 0 Å². The minimum Gasteiger partial charge on any atom is -0.478 e. The van der Waals surface area contributed by atoms with Gasteiger partial charge in [0.1, 0.15) is 5.82 Å². The van der Waals surface area contributed by atoms with Gasteiger partial charge in [0.25, 0.3) is 5.56 Å². The number of aromatic carboxylic acids is 1. The summed E-state index contributed by atoms with van der Waals surface area (Å²) in [4.78, 5) is 30.2. The van der Waals surface area contributed by atoms with Crippen LogP contribution in [0.25, 0.3) is 10.9 Å². The molecule has 0 aliphatic carbocycles. The number of fused-ring (bicyclic) bond motifs is 1. The van der Waals surface area contributed by atoms with Gasteiger partial charge in [0.15, 0.2) is 0 Å². The highest BCUT2D eigenvalue weighted by Gasteiger charge is 2.10. The van der Waals surface area contributed by atoms with E-state index in [0.29, 0.717) is 26.8 Å². The molecule has 0 saturated heterocycles. The van der Waals surface area contributed by atoms with Crippen molar-refractivity contribution >= 4 is 40.1 Å². The van der Waals surface area contributed by atoms with Gasteiger partial charge < -0.3 is 10.1 Å². The van der Waals surface area contributed by atoms with Crippen LogP contribution in [0.1, 0.15) is 21.7 Å². The van der Waals surface area contributed by atoms with E-state index < -0.39 is 5.97 Å². The number of rotatable bonds is 3. The molecular weight excluding hydrogens is 339 g/mol. The number of carboxylic acids is 1. The van der Waals surface area contributed by atoms with Crippen LogP contribution in [0, 0.1) is 0 Å². The number of hydrogen-bond donors (Lipinski definition) is 2. The molecule has 0 aliphatic rings. The normalized spacial score (nSPS) is 10.9. The molecule has 0 amide bonds. The first-order valence-corrected chi connectivity index (χ1v) is 7.40. The highest BCUT2D eigenvalue weighted by atomic mass is 35.5.